The van der Waals surface area contributed by atoms with Crippen LogP contribution in [-0.2, 0) is 22.4 Å². The molecule has 0 aliphatic carbocycles. The summed E-state index contributed by atoms with van der Waals surface area (Å²) in [7, 11) is 0. The van der Waals surface area contributed by atoms with E-state index in [9.17, 15) is 18.4 Å². The monoisotopic (exact) mass is 440 g/mol. The van der Waals surface area contributed by atoms with Crippen LogP contribution in [0.2, 0.25) is 0 Å². The number of benzene rings is 2. The van der Waals surface area contributed by atoms with Crippen LogP contribution in [0, 0.1) is 11.6 Å². The minimum atomic E-state index is -0.277. The second-order valence-corrected chi connectivity index (χ2v) is 9.06. The predicted octanol–water partition coefficient (Wildman–Crippen LogP) is 5.56. The van der Waals surface area contributed by atoms with Crippen molar-refractivity contribution in [2.24, 2.45) is 0 Å². The number of rotatable bonds is 5. The van der Waals surface area contributed by atoms with Crippen molar-refractivity contribution in [1.29, 1.82) is 0 Å². The maximum absolute atomic E-state index is 13.6. The third-order valence-corrected chi connectivity index (χ3v) is 6.72. The number of nitrogens with zero attached hydrogens (tertiary/aromatic N) is 2. The molecule has 2 heterocycles. The van der Waals surface area contributed by atoms with Crippen molar-refractivity contribution in [1.82, 2.24) is 0 Å². The molecule has 6 heteroatoms. The minimum Gasteiger partial charge on any atom is -0.309 e. The van der Waals surface area contributed by atoms with Crippen LogP contribution in [-0.4, -0.2) is 23.9 Å². The maximum Gasteiger partial charge on any atom is 0.227 e. The van der Waals surface area contributed by atoms with Gasteiger partial charge in [0, 0.05) is 36.3 Å². The summed E-state index contributed by atoms with van der Waals surface area (Å²) in [5.41, 5.74) is 3.36. The molecule has 0 bridgehead atoms. The summed E-state index contributed by atoms with van der Waals surface area (Å²) < 4.78 is 27.2. The van der Waals surface area contributed by atoms with Crippen molar-refractivity contribution in [2.45, 2.75) is 77.3 Å². The molecular formula is C26H30F2N2O2. The van der Waals surface area contributed by atoms with E-state index in [1.165, 1.54) is 24.3 Å². The summed E-state index contributed by atoms with van der Waals surface area (Å²) in [4.78, 5) is 29.5. The smallest absolute Gasteiger partial charge is 0.227 e. The first-order valence-electron chi connectivity index (χ1n) is 11.6. The fraction of sp³-hybridized carbons (Fsp3) is 0.462. The van der Waals surface area contributed by atoms with Gasteiger partial charge in [0.05, 0.1) is 0 Å². The quantitative estimate of drug-likeness (QED) is 0.571. The Hall–Kier alpha value is -2.76. The van der Waals surface area contributed by atoms with Gasteiger partial charge in [0.1, 0.15) is 11.6 Å². The van der Waals surface area contributed by atoms with Gasteiger partial charge in [-0.1, -0.05) is 0 Å². The predicted molar refractivity (Wildman–Crippen MR) is 122 cm³/mol. The van der Waals surface area contributed by atoms with Gasteiger partial charge in [0.25, 0.3) is 0 Å². The summed E-state index contributed by atoms with van der Waals surface area (Å²) >= 11 is 0. The normalized spacial score (nSPS) is 20.0. The van der Waals surface area contributed by atoms with Crippen LogP contribution in [0.1, 0.15) is 63.5 Å². The van der Waals surface area contributed by atoms with E-state index in [1.807, 2.05) is 13.8 Å². The van der Waals surface area contributed by atoms with Gasteiger partial charge in [-0.15, -0.1) is 0 Å². The van der Waals surface area contributed by atoms with Crippen molar-refractivity contribution < 1.29 is 18.4 Å². The standard InChI is InChI=1S/C26H30F2N2O2/c1-17-7-9-19-15-21(27)11-13-23(19)29(17)25(31)5-3-4-6-26(32)30-18(2)8-10-20-16-22(28)12-14-24(20)30/h11-18H,3-10H2,1-2H3/t17-,18+. The molecule has 0 fully saturated rings. The van der Waals surface area contributed by atoms with Crippen molar-refractivity contribution in [2.75, 3.05) is 9.80 Å². The number of carbonyl (C=O) groups is 2. The van der Waals surface area contributed by atoms with E-state index < -0.39 is 0 Å². The van der Waals surface area contributed by atoms with Gasteiger partial charge < -0.3 is 9.80 Å². The van der Waals surface area contributed by atoms with Crippen LogP contribution in [0.3, 0.4) is 0 Å². The Morgan fingerprint density at radius 2 is 1.19 bits per heavy atom. The molecule has 0 aromatic heterocycles. The number of unbranched alkanes of at least 4 members (excludes halogenated alkanes) is 1. The molecule has 170 valence electrons. The first-order valence-corrected chi connectivity index (χ1v) is 11.6. The number of amides is 2. The van der Waals surface area contributed by atoms with Gasteiger partial charge in [-0.05, 0) is 99.9 Å². The lowest BCUT2D eigenvalue weighted by Gasteiger charge is -2.36. The van der Waals surface area contributed by atoms with Crippen molar-refractivity contribution in [3.05, 3.63) is 59.2 Å². The average Bonchev–Trinajstić information content (AvgIpc) is 2.76. The summed E-state index contributed by atoms with van der Waals surface area (Å²) in [5, 5.41) is 0. The average molecular weight is 441 g/mol. The fourth-order valence-electron chi connectivity index (χ4n) is 4.99. The van der Waals surface area contributed by atoms with Gasteiger partial charge >= 0.3 is 0 Å². The lowest BCUT2D eigenvalue weighted by atomic mass is 9.95. The Kier molecular flexibility index (Phi) is 6.58. The number of carbonyl (C=O) groups excluding carboxylic acids is 2. The molecule has 0 unspecified atom stereocenters. The highest BCUT2D eigenvalue weighted by Crippen LogP contribution is 2.33. The van der Waals surface area contributed by atoms with Crippen molar-refractivity contribution in [3.63, 3.8) is 0 Å². The van der Waals surface area contributed by atoms with Gasteiger partial charge in [-0.3, -0.25) is 9.59 Å². The number of fused-ring (bicyclic) bond motifs is 2. The zero-order chi connectivity index (χ0) is 22.8. The number of anilines is 2. The van der Waals surface area contributed by atoms with E-state index in [4.69, 9.17) is 0 Å². The van der Waals surface area contributed by atoms with Crippen LogP contribution in [0.4, 0.5) is 20.2 Å². The minimum absolute atomic E-state index is 0.0182. The van der Waals surface area contributed by atoms with Gasteiger partial charge in [-0.2, -0.15) is 0 Å². The van der Waals surface area contributed by atoms with E-state index in [1.54, 1.807) is 21.9 Å². The number of halogens is 2. The SMILES string of the molecule is C[C@@H]1CCc2cc(F)ccc2N1C(=O)CCCCC(=O)N1c2ccc(F)cc2CC[C@@H]1C. The molecule has 2 aromatic carbocycles. The lowest BCUT2D eigenvalue weighted by molar-refractivity contribution is -0.121. The van der Waals surface area contributed by atoms with E-state index in [0.717, 1.165) is 48.2 Å². The molecule has 0 saturated heterocycles. The first-order chi connectivity index (χ1) is 15.3. The Labute approximate surface area is 188 Å². The summed E-state index contributed by atoms with van der Waals surface area (Å²) in [5.74, 6) is -0.518. The van der Waals surface area contributed by atoms with E-state index in [2.05, 4.69) is 0 Å². The highest BCUT2D eigenvalue weighted by Gasteiger charge is 2.30. The Bertz CT molecular complexity index is 941. The highest BCUT2D eigenvalue weighted by atomic mass is 19.1. The highest BCUT2D eigenvalue weighted by molar-refractivity contribution is 5.96. The lowest BCUT2D eigenvalue weighted by Crippen LogP contribution is -2.42. The zero-order valence-electron chi connectivity index (χ0n) is 18.7. The summed E-state index contributed by atoms with van der Waals surface area (Å²) in [6, 6.07) is 9.38. The fourth-order valence-corrected chi connectivity index (χ4v) is 4.99. The first kappa shape index (κ1) is 22.4. The molecule has 2 amide bonds. The second-order valence-electron chi connectivity index (χ2n) is 9.06. The van der Waals surface area contributed by atoms with Crippen LogP contribution in [0.5, 0.6) is 0 Å². The molecular weight excluding hydrogens is 410 g/mol. The van der Waals surface area contributed by atoms with Gasteiger partial charge in [0.15, 0.2) is 0 Å². The van der Waals surface area contributed by atoms with Crippen LogP contribution >= 0.6 is 0 Å². The Balaban J connectivity index is 1.34. The second kappa shape index (κ2) is 9.39. The maximum atomic E-state index is 13.6. The number of hydrogen-bond acceptors (Lipinski definition) is 2. The molecule has 2 aliphatic heterocycles. The largest absolute Gasteiger partial charge is 0.309 e. The van der Waals surface area contributed by atoms with E-state index >= 15 is 0 Å². The Morgan fingerprint density at radius 3 is 1.59 bits per heavy atom. The van der Waals surface area contributed by atoms with Crippen LogP contribution in [0.15, 0.2) is 36.4 Å². The van der Waals surface area contributed by atoms with Crippen molar-refractivity contribution in [3.8, 4) is 0 Å². The molecule has 0 radical (unpaired) electrons. The molecule has 0 N–H and O–H groups in total. The third-order valence-electron chi connectivity index (χ3n) is 6.72. The zero-order valence-corrected chi connectivity index (χ0v) is 18.7. The molecule has 2 atom stereocenters. The molecule has 4 nitrogen and oxygen atoms in total. The molecule has 2 aliphatic rings. The van der Waals surface area contributed by atoms with E-state index in [-0.39, 0.29) is 35.5 Å². The summed E-state index contributed by atoms with van der Waals surface area (Å²) in [6.45, 7) is 4.04. The number of aryl methyl sites for hydroxylation is 2. The topological polar surface area (TPSA) is 40.6 Å². The van der Waals surface area contributed by atoms with E-state index in [0.29, 0.717) is 25.7 Å². The molecule has 0 spiro atoms. The van der Waals surface area contributed by atoms with Crippen LogP contribution < -0.4 is 9.80 Å². The molecule has 4 rings (SSSR count). The van der Waals surface area contributed by atoms with Crippen molar-refractivity contribution >= 4 is 23.2 Å². The van der Waals surface area contributed by atoms with Crippen LogP contribution in [0.25, 0.3) is 0 Å². The Morgan fingerprint density at radius 1 is 0.781 bits per heavy atom. The van der Waals surface area contributed by atoms with Gasteiger partial charge in [0.2, 0.25) is 11.8 Å². The third kappa shape index (κ3) is 4.54. The van der Waals surface area contributed by atoms with Gasteiger partial charge in [-0.25, -0.2) is 8.78 Å². The number of hydrogen-bond donors (Lipinski definition) is 0. The molecule has 0 saturated carbocycles. The molecule has 32 heavy (non-hydrogen) atoms. The summed E-state index contributed by atoms with van der Waals surface area (Å²) in [6.07, 6.45) is 5.10. The molecule has 2 aromatic rings.